The number of rotatable bonds is 3. The van der Waals surface area contributed by atoms with Crippen molar-refractivity contribution in [1.82, 2.24) is 4.98 Å². The van der Waals surface area contributed by atoms with Crippen LogP contribution in [0.15, 0.2) is 42.5 Å². The summed E-state index contributed by atoms with van der Waals surface area (Å²) in [6.45, 7) is 0. The van der Waals surface area contributed by atoms with Crippen LogP contribution < -0.4 is 10.2 Å². The summed E-state index contributed by atoms with van der Waals surface area (Å²) in [4.78, 5) is 41.4. The van der Waals surface area contributed by atoms with E-state index in [-0.39, 0.29) is 30.6 Å². The monoisotopic (exact) mass is 385 g/mol. The van der Waals surface area contributed by atoms with Crippen LogP contribution in [0.1, 0.15) is 23.2 Å². The highest BCUT2D eigenvalue weighted by molar-refractivity contribution is 7.22. The Morgan fingerprint density at radius 2 is 1.77 bits per heavy atom. The molecule has 0 unspecified atom stereocenters. The summed E-state index contributed by atoms with van der Waals surface area (Å²) < 4.78 is 0.884. The predicted octanol–water partition coefficient (Wildman–Crippen LogP) is 3.86. The third kappa shape index (κ3) is 2.95. The Morgan fingerprint density at radius 3 is 2.42 bits per heavy atom. The molecule has 1 aliphatic heterocycles. The summed E-state index contributed by atoms with van der Waals surface area (Å²) in [7, 11) is 0. The van der Waals surface area contributed by atoms with Gasteiger partial charge in [0.15, 0.2) is 5.13 Å². The van der Waals surface area contributed by atoms with Gasteiger partial charge in [-0.25, -0.2) is 4.98 Å². The summed E-state index contributed by atoms with van der Waals surface area (Å²) in [5, 5.41) is 3.73. The highest BCUT2D eigenvalue weighted by Crippen LogP contribution is 2.31. The van der Waals surface area contributed by atoms with E-state index in [1.165, 1.54) is 11.3 Å². The molecule has 0 saturated carbocycles. The number of nitrogens with one attached hydrogen (secondary N) is 1. The molecule has 2 heterocycles. The number of benzene rings is 2. The molecule has 1 N–H and O–H groups in total. The third-order valence-electron chi connectivity index (χ3n) is 4.03. The number of hydrogen-bond acceptors (Lipinski definition) is 5. The zero-order valence-corrected chi connectivity index (χ0v) is 14.9. The summed E-state index contributed by atoms with van der Waals surface area (Å²) in [5.41, 5.74) is 1.52. The Morgan fingerprint density at radius 1 is 1.08 bits per heavy atom. The normalized spacial score (nSPS) is 14.3. The number of amides is 3. The number of halogens is 1. The van der Waals surface area contributed by atoms with Gasteiger partial charge in [-0.3, -0.25) is 24.6 Å². The van der Waals surface area contributed by atoms with Gasteiger partial charge in [-0.2, -0.15) is 0 Å². The molecule has 3 amide bonds. The van der Waals surface area contributed by atoms with E-state index in [9.17, 15) is 14.4 Å². The molecule has 1 saturated heterocycles. The first-order chi connectivity index (χ1) is 12.5. The van der Waals surface area contributed by atoms with E-state index in [1.54, 1.807) is 30.3 Å². The summed E-state index contributed by atoms with van der Waals surface area (Å²) in [6, 6.07) is 11.8. The molecule has 26 heavy (non-hydrogen) atoms. The molecule has 1 fully saturated rings. The fourth-order valence-corrected chi connectivity index (χ4v) is 3.92. The molecule has 0 aliphatic carbocycles. The predicted molar refractivity (Wildman–Crippen MR) is 101 cm³/mol. The zero-order chi connectivity index (χ0) is 18.3. The van der Waals surface area contributed by atoms with E-state index in [0.29, 0.717) is 26.9 Å². The lowest BCUT2D eigenvalue weighted by atomic mass is 10.2. The first kappa shape index (κ1) is 16.7. The van der Waals surface area contributed by atoms with Crippen molar-refractivity contribution < 1.29 is 14.4 Å². The molecular weight excluding hydrogens is 374 g/mol. The molecule has 2 aromatic carbocycles. The van der Waals surface area contributed by atoms with E-state index >= 15 is 0 Å². The Balaban J connectivity index is 1.53. The van der Waals surface area contributed by atoms with Gasteiger partial charge in [-0.1, -0.05) is 29.0 Å². The molecular formula is C18H12ClN3O3S. The molecule has 3 aromatic rings. The van der Waals surface area contributed by atoms with E-state index in [1.807, 2.05) is 12.1 Å². The molecule has 8 heteroatoms. The highest BCUT2D eigenvalue weighted by atomic mass is 35.5. The first-order valence-corrected chi connectivity index (χ1v) is 9.04. The van der Waals surface area contributed by atoms with Crippen LogP contribution in [0.2, 0.25) is 5.02 Å². The fourth-order valence-electron chi connectivity index (χ4n) is 2.76. The lowest BCUT2D eigenvalue weighted by Crippen LogP contribution is -2.28. The average Bonchev–Trinajstić information content (AvgIpc) is 3.19. The van der Waals surface area contributed by atoms with E-state index in [2.05, 4.69) is 10.3 Å². The minimum Gasteiger partial charge on any atom is -0.298 e. The van der Waals surface area contributed by atoms with Crippen LogP contribution in [0.5, 0.6) is 0 Å². The summed E-state index contributed by atoms with van der Waals surface area (Å²) in [6.07, 6.45) is 0.447. The number of nitrogens with zero attached hydrogens (tertiary/aromatic N) is 2. The SMILES string of the molecule is O=C(Nc1nc2c(Cl)cccc2s1)c1ccc(N2C(=O)CCC2=O)cc1. The van der Waals surface area contributed by atoms with Crippen LogP contribution in [-0.2, 0) is 9.59 Å². The maximum absolute atomic E-state index is 12.4. The van der Waals surface area contributed by atoms with Crippen LogP contribution in [0.4, 0.5) is 10.8 Å². The minimum atomic E-state index is -0.328. The number of anilines is 2. The molecule has 0 radical (unpaired) electrons. The second-order valence-electron chi connectivity index (χ2n) is 5.73. The lowest BCUT2D eigenvalue weighted by molar-refractivity contribution is -0.121. The van der Waals surface area contributed by atoms with Crippen molar-refractivity contribution in [2.24, 2.45) is 0 Å². The number of carbonyl (C=O) groups is 3. The van der Waals surface area contributed by atoms with Crippen LogP contribution in [0, 0.1) is 0 Å². The van der Waals surface area contributed by atoms with Crippen molar-refractivity contribution >= 4 is 61.7 Å². The van der Waals surface area contributed by atoms with Gasteiger partial charge in [0.2, 0.25) is 11.8 Å². The second-order valence-corrected chi connectivity index (χ2v) is 7.17. The Labute approximate surface area is 157 Å². The maximum atomic E-state index is 12.4. The smallest absolute Gasteiger partial charge is 0.257 e. The van der Waals surface area contributed by atoms with Gasteiger partial charge in [0.25, 0.3) is 5.91 Å². The van der Waals surface area contributed by atoms with Crippen molar-refractivity contribution in [3.8, 4) is 0 Å². The second kappa shape index (κ2) is 6.51. The molecule has 4 rings (SSSR count). The Bertz CT molecular complexity index is 1030. The molecule has 6 nitrogen and oxygen atoms in total. The van der Waals surface area contributed by atoms with Crippen LogP contribution in [0.25, 0.3) is 10.2 Å². The number of thiazole rings is 1. The van der Waals surface area contributed by atoms with Gasteiger partial charge < -0.3 is 0 Å². The molecule has 0 atom stereocenters. The van der Waals surface area contributed by atoms with E-state index in [4.69, 9.17) is 11.6 Å². The number of para-hydroxylation sites is 1. The largest absolute Gasteiger partial charge is 0.298 e. The highest BCUT2D eigenvalue weighted by Gasteiger charge is 2.30. The number of carbonyl (C=O) groups excluding carboxylic acids is 3. The van der Waals surface area contributed by atoms with Crippen molar-refractivity contribution in [1.29, 1.82) is 0 Å². The maximum Gasteiger partial charge on any atom is 0.257 e. The van der Waals surface area contributed by atoms with Crippen molar-refractivity contribution in [3.05, 3.63) is 53.1 Å². The van der Waals surface area contributed by atoms with Crippen LogP contribution >= 0.6 is 22.9 Å². The molecule has 0 spiro atoms. The zero-order valence-electron chi connectivity index (χ0n) is 13.4. The fraction of sp³-hybridized carbons (Fsp3) is 0.111. The number of hydrogen-bond donors (Lipinski definition) is 1. The van der Waals surface area contributed by atoms with E-state index in [0.717, 1.165) is 9.60 Å². The number of fused-ring (bicyclic) bond motifs is 1. The van der Waals surface area contributed by atoms with Gasteiger partial charge >= 0.3 is 0 Å². The molecule has 130 valence electrons. The van der Waals surface area contributed by atoms with Gasteiger partial charge in [-0.15, -0.1) is 0 Å². The van der Waals surface area contributed by atoms with Gasteiger partial charge in [0, 0.05) is 18.4 Å². The Kier molecular flexibility index (Phi) is 4.18. The average molecular weight is 386 g/mol. The summed E-state index contributed by atoms with van der Waals surface area (Å²) in [5.74, 6) is -0.775. The van der Waals surface area contributed by atoms with E-state index < -0.39 is 0 Å². The molecule has 1 aliphatic rings. The summed E-state index contributed by atoms with van der Waals surface area (Å²) >= 11 is 7.43. The minimum absolute atomic E-state index is 0.223. The van der Waals surface area contributed by atoms with Gasteiger partial charge in [0.1, 0.15) is 5.52 Å². The van der Waals surface area contributed by atoms with Crippen molar-refractivity contribution in [2.45, 2.75) is 12.8 Å². The quantitative estimate of drug-likeness (QED) is 0.694. The topological polar surface area (TPSA) is 79.4 Å². The van der Waals surface area contributed by atoms with Crippen molar-refractivity contribution in [3.63, 3.8) is 0 Å². The standard InChI is InChI=1S/C18H12ClN3O3S/c19-12-2-1-3-13-16(12)20-18(26-13)21-17(25)10-4-6-11(7-5-10)22-14(23)8-9-15(22)24/h1-7H,8-9H2,(H,20,21,25). The number of imide groups is 1. The lowest BCUT2D eigenvalue weighted by Gasteiger charge is -2.13. The third-order valence-corrected chi connectivity index (χ3v) is 5.27. The van der Waals surface area contributed by atoms with Crippen molar-refractivity contribution in [2.75, 3.05) is 10.2 Å². The van der Waals surface area contributed by atoms with Crippen LogP contribution in [-0.4, -0.2) is 22.7 Å². The van der Waals surface area contributed by atoms with Crippen LogP contribution in [0.3, 0.4) is 0 Å². The molecule has 0 bridgehead atoms. The van der Waals surface area contributed by atoms with Gasteiger partial charge in [-0.05, 0) is 36.4 Å². The molecule has 1 aromatic heterocycles. The Hall–Kier alpha value is -2.77. The number of aromatic nitrogens is 1. The van der Waals surface area contributed by atoms with Gasteiger partial charge in [0.05, 0.1) is 15.4 Å². The first-order valence-electron chi connectivity index (χ1n) is 7.85.